The Morgan fingerprint density at radius 2 is 1.67 bits per heavy atom. The number of halogens is 1. The van der Waals surface area contributed by atoms with E-state index in [1.54, 1.807) is 0 Å². The van der Waals surface area contributed by atoms with Gasteiger partial charge in [0.25, 0.3) is 5.91 Å². The second-order valence-corrected chi connectivity index (χ2v) is 5.55. The molecule has 0 aliphatic heterocycles. The summed E-state index contributed by atoms with van der Waals surface area (Å²) in [4.78, 5) is 12.2. The molecule has 2 rings (SSSR count). The monoisotopic (exact) mass is 303 g/mol. The molecule has 0 fully saturated rings. The molecule has 0 heterocycles. The van der Waals surface area contributed by atoms with Gasteiger partial charge in [-0.1, -0.05) is 48.0 Å². The van der Waals surface area contributed by atoms with E-state index in [0.717, 1.165) is 16.3 Å². The summed E-state index contributed by atoms with van der Waals surface area (Å²) in [7, 11) is 0. The lowest BCUT2D eigenvalue weighted by molar-refractivity contribution is -0.709. The van der Waals surface area contributed by atoms with Crippen molar-refractivity contribution >= 4 is 23.2 Å². The second-order valence-electron chi connectivity index (χ2n) is 5.15. The average Bonchev–Trinajstić information content (AvgIpc) is 2.48. The average molecular weight is 304 g/mol. The van der Waals surface area contributed by atoms with E-state index in [0.29, 0.717) is 0 Å². The van der Waals surface area contributed by atoms with Gasteiger partial charge in [0.05, 0.1) is 0 Å². The number of benzene rings is 2. The van der Waals surface area contributed by atoms with Gasteiger partial charge in [-0.3, -0.25) is 4.79 Å². The van der Waals surface area contributed by atoms with Crippen LogP contribution in [0.2, 0.25) is 5.02 Å². The smallest absolute Gasteiger partial charge is 0.282 e. The largest absolute Gasteiger partial charge is 0.330 e. The Kier molecular flexibility index (Phi) is 5.37. The third-order valence-electron chi connectivity index (χ3n) is 3.43. The standard InChI is InChI=1S/C17H19ClN2O/c1-12(15-10-6-7-11-16(15)18)19-13(2)17(21)20-14-8-4-3-5-9-14/h3-13,19H,1-2H3,(H,20,21)/p+1/t12-,13-/m1/s1. The first kappa shape index (κ1) is 15.5. The summed E-state index contributed by atoms with van der Waals surface area (Å²) < 4.78 is 0. The van der Waals surface area contributed by atoms with Crippen molar-refractivity contribution in [3.8, 4) is 0 Å². The van der Waals surface area contributed by atoms with E-state index in [-0.39, 0.29) is 18.0 Å². The van der Waals surface area contributed by atoms with Gasteiger partial charge in [-0.25, -0.2) is 0 Å². The molecule has 0 spiro atoms. The fraction of sp³-hybridized carbons (Fsp3) is 0.235. The third kappa shape index (κ3) is 4.31. The molecule has 2 atom stereocenters. The molecule has 21 heavy (non-hydrogen) atoms. The second kappa shape index (κ2) is 7.25. The van der Waals surface area contributed by atoms with Crippen molar-refractivity contribution in [3.63, 3.8) is 0 Å². The molecular formula is C17H20ClN2O+. The minimum Gasteiger partial charge on any atom is -0.330 e. The van der Waals surface area contributed by atoms with Crippen LogP contribution in [0, 0.1) is 0 Å². The van der Waals surface area contributed by atoms with E-state index >= 15 is 0 Å². The molecule has 3 nitrogen and oxygen atoms in total. The Balaban J connectivity index is 1.96. The Morgan fingerprint density at radius 3 is 2.33 bits per heavy atom. The number of quaternary nitrogens is 1. The molecule has 0 unspecified atom stereocenters. The van der Waals surface area contributed by atoms with E-state index in [4.69, 9.17) is 11.6 Å². The third-order valence-corrected chi connectivity index (χ3v) is 3.77. The summed E-state index contributed by atoms with van der Waals surface area (Å²) in [5.74, 6) is -0.0138. The lowest BCUT2D eigenvalue weighted by atomic mass is 10.1. The van der Waals surface area contributed by atoms with Gasteiger partial charge in [-0.05, 0) is 32.0 Å². The number of nitrogens with two attached hydrogens (primary N) is 1. The summed E-state index contributed by atoms with van der Waals surface area (Å²) in [6.07, 6.45) is 0. The first-order chi connectivity index (χ1) is 10.1. The van der Waals surface area contributed by atoms with E-state index in [1.807, 2.05) is 73.8 Å². The van der Waals surface area contributed by atoms with Crippen molar-refractivity contribution in [3.05, 3.63) is 65.2 Å². The topological polar surface area (TPSA) is 45.7 Å². The zero-order valence-corrected chi connectivity index (χ0v) is 13.0. The highest BCUT2D eigenvalue weighted by Gasteiger charge is 2.21. The molecule has 1 amide bonds. The van der Waals surface area contributed by atoms with Crippen molar-refractivity contribution in [1.82, 2.24) is 0 Å². The molecule has 2 aromatic rings. The van der Waals surface area contributed by atoms with E-state index < -0.39 is 0 Å². The first-order valence-corrected chi connectivity index (χ1v) is 7.41. The lowest BCUT2D eigenvalue weighted by Gasteiger charge is -2.17. The van der Waals surface area contributed by atoms with Gasteiger partial charge >= 0.3 is 0 Å². The predicted octanol–water partition coefficient (Wildman–Crippen LogP) is 2.99. The van der Waals surface area contributed by atoms with Crippen molar-refractivity contribution < 1.29 is 10.1 Å². The maximum Gasteiger partial charge on any atom is 0.282 e. The van der Waals surface area contributed by atoms with Crippen molar-refractivity contribution in [2.75, 3.05) is 5.32 Å². The summed E-state index contributed by atoms with van der Waals surface area (Å²) >= 11 is 6.19. The molecule has 3 N–H and O–H groups in total. The molecule has 0 radical (unpaired) electrons. The minimum atomic E-state index is -0.198. The number of para-hydroxylation sites is 1. The number of rotatable bonds is 5. The maximum atomic E-state index is 12.2. The molecule has 0 saturated heterocycles. The van der Waals surface area contributed by atoms with Crippen molar-refractivity contribution in [1.29, 1.82) is 0 Å². The van der Waals surface area contributed by atoms with E-state index in [9.17, 15) is 4.79 Å². The van der Waals surface area contributed by atoms with Gasteiger partial charge in [-0.15, -0.1) is 0 Å². The summed E-state index contributed by atoms with van der Waals surface area (Å²) in [5.41, 5.74) is 1.85. The fourth-order valence-corrected chi connectivity index (χ4v) is 2.55. The minimum absolute atomic E-state index is 0.0138. The Hall–Kier alpha value is -1.84. The Bertz CT molecular complexity index is 601. The molecule has 0 aliphatic carbocycles. The highest BCUT2D eigenvalue weighted by Crippen LogP contribution is 2.19. The number of amides is 1. The molecule has 2 aromatic carbocycles. The summed E-state index contributed by atoms with van der Waals surface area (Å²) in [5, 5.41) is 5.66. The van der Waals surface area contributed by atoms with Gasteiger partial charge in [0, 0.05) is 16.3 Å². The van der Waals surface area contributed by atoms with Crippen molar-refractivity contribution in [2.24, 2.45) is 0 Å². The quantitative estimate of drug-likeness (QED) is 0.876. The van der Waals surface area contributed by atoms with Gasteiger partial charge in [-0.2, -0.15) is 0 Å². The summed E-state index contributed by atoms with van der Waals surface area (Å²) in [6, 6.07) is 17.1. The predicted molar refractivity (Wildman–Crippen MR) is 86.3 cm³/mol. The molecular weight excluding hydrogens is 284 g/mol. The number of hydrogen-bond acceptors (Lipinski definition) is 1. The number of nitrogens with one attached hydrogen (secondary N) is 1. The van der Waals surface area contributed by atoms with Crippen LogP contribution in [0.3, 0.4) is 0 Å². The molecule has 0 aromatic heterocycles. The SMILES string of the molecule is C[C@@H]([NH2+][C@H](C)c1ccccc1Cl)C(=O)Nc1ccccc1. The zero-order chi connectivity index (χ0) is 15.2. The lowest BCUT2D eigenvalue weighted by Crippen LogP contribution is -2.91. The summed E-state index contributed by atoms with van der Waals surface area (Å²) in [6.45, 7) is 3.94. The van der Waals surface area contributed by atoms with Gasteiger partial charge in [0.15, 0.2) is 6.04 Å². The zero-order valence-electron chi connectivity index (χ0n) is 12.2. The maximum absolute atomic E-state index is 12.2. The van der Waals surface area contributed by atoms with Gasteiger partial charge in [0.1, 0.15) is 6.04 Å². The van der Waals surface area contributed by atoms with Crippen molar-refractivity contribution in [2.45, 2.75) is 25.9 Å². The van der Waals surface area contributed by atoms with Crippen LogP contribution in [-0.2, 0) is 4.79 Å². The Morgan fingerprint density at radius 1 is 1.05 bits per heavy atom. The molecule has 0 aliphatic rings. The van der Waals surface area contributed by atoms with Crippen LogP contribution in [0.4, 0.5) is 5.69 Å². The van der Waals surface area contributed by atoms with Crippen LogP contribution < -0.4 is 10.6 Å². The Labute approximate surface area is 130 Å². The highest BCUT2D eigenvalue weighted by molar-refractivity contribution is 6.31. The van der Waals surface area contributed by atoms with Crippen LogP contribution in [0.5, 0.6) is 0 Å². The highest BCUT2D eigenvalue weighted by atomic mass is 35.5. The van der Waals surface area contributed by atoms with Crippen LogP contribution in [0.25, 0.3) is 0 Å². The fourth-order valence-electron chi connectivity index (χ4n) is 2.25. The molecule has 0 saturated carbocycles. The molecule has 4 heteroatoms. The number of carbonyl (C=O) groups excluding carboxylic acids is 1. The van der Waals surface area contributed by atoms with E-state index in [1.165, 1.54) is 0 Å². The first-order valence-electron chi connectivity index (χ1n) is 7.03. The van der Waals surface area contributed by atoms with E-state index in [2.05, 4.69) is 5.32 Å². The number of anilines is 1. The van der Waals surface area contributed by atoms with Crippen LogP contribution in [-0.4, -0.2) is 11.9 Å². The normalized spacial score (nSPS) is 13.5. The number of carbonyl (C=O) groups is 1. The number of hydrogen-bond donors (Lipinski definition) is 2. The molecule has 0 bridgehead atoms. The van der Waals surface area contributed by atoms with Crippen LogP contribution >= 0.6 is 11.6 Å². The molecule has 110 valence electrons. The van der Waals surface area contributed by atoms with Gasteiger partial charge in [0.2, 0.25) is 0 Å². The van der Waals surface area contributed by atoms with Crippen LogP contribution in [0.15, 0.2) is 54.6 Å². The van der Waals surface area contributed by atoms with Gasteiger partial charge < -0.3 is 10.6 Å². The van der Waals surface area contributed by atoms with Crippen LogP contribution in [0.1, 0.15) is 25.5 Å².